The Morgan fingerprint density at radius 2 is 1.42 bits per heavy atom. The minimum absolute atomic E-state index is 0.176. The zero-order valence-corrected chi connectivity index (χ0v) is 22.7. The SMILES string of the molecule is O=C(Cc1cc(CC(=O)C(F)F)c(F)cc1F)c1cc(NC(=O)[C@H]2[C@H](c3ccc(F)c(C(F)(F)F)c3)C2(Cl)Cl)ccc1F. The zero-order valence-electron chi connectivity index (χ0n) is 21.1. The molecular weight excluding hydrogens is 640 g/mol. The molecule has 0 saturated heterocycles. The highest BCUT2D eigenvalue weighted by Crippen LogP contribution is 2.65. The van der Waals surface area contributed by atoms with Crippen LogP contribution >= 0.6 is 23.2 Å². The van der Waals surface area contributed by atoms with Crippen LogP contribution in [0.4, 0.5) is 45.2 Å². The summed E-state index contributed by atoms with van der Waals surface area (Å²) in [7, 11) is 0. The first-order valence-electron chi connectivity index (χ1n) is 12.1. The molecule has 1 fully saturated rings. The number of alkyl halides is 7. The number of halogens is 11. The third kappa shape index (κ3) is 6.82. The molecule has 0 heterocycles. The predicted molar refractivity (Wildman–Crippen MR) is 136 cm³/mol. The fraction of sp³-hybridized carbons (Fsp3) is 0.250. The number of amides is 1. The standard InChI is InChI=1S/C28H16Cl2F9NO3/c29-27(30)23(11-1-3-18(32)16(6-11)28(37,38)39)24(27)26(43)40-14-2-4-17(31)15(9-14)21(41)7-12-5-13(8-22(42)25(35)36)20(34)10-19(12)33/h1-6,9-10,23-25H,7-8H2,(H,40,43)/t23-,24+/m0/s1. The van der Waals surface area contributed by atoms with Crippen molar-refractivity contribution in [2.75, 3.05) is 5.32 Å². The molecule has 3 aromatic rings. The van der Waals surface area contributed by atoms with Crippen LogP contribution in [0.2, 0.25) is 0 Å². The minimum Gasteiger partial charge on any atom is -0.326 e. The molecule has 228 valence electrons. The maximum absolute atomic E-state index is 14.5. The van der Waals surface area contributed by atoms with Gasteiger partial charge in [-0.1, -0.05) is 6.07 Å². The van der Waals surface area contributed by atoms with Crippen molar-refractivity contribution in [2.24, 2.45) is 5.92 Å². The van der Waals surface area contributed by atoms with Crippen molar-refractivity contribution in [3.05, 3.63) is 99.6 Å². The number of rotatable bonds is 9. The van der Waals surface area contributed by atoms with E-state index >= 15 is 0 Å². The van der Waals surface area contributed by atoms with Crippen molar-refractivity contribution in [1.82, 2.24) is 0 Å². The van der Waals surface area contributed by atoms with Crippen molar-refractivity contribution in [2.45, 2.75) is 35.7 Å². The van der Waals surface area contributed by atoms with Gasteiger partial charge in [0.1, 0.15) is 27.6 Å². The normalized spacial score (nSPS) is 17.6. The van der Waals surface area contributed by atoms with E-state index < -0.39 is 105 Å². The van der Waals surface area contributed by atoms with E-state index in [-0.39, 0.29) is 11.3 Å². The van der Waals surface area contributed by atoms with E-state index in [2.05, 4.69) is 5.32 Å². The number of hydrogen-bond acceptors (Lipinski definition) is 3. The van der Waals surface area contributed by atoms with Crippen LogP contribution in [-0.2, 0) is 28.6 Å². The van der Waals surface area contributed by atoms with Gasteiger partial charge >= 0.3 is 6.18 Å². The van der Waals surface area contributed by atoms with Crippen LogP contribution < -0.4 is 5.32 Å². The average Bonchev–Trinajstić information content (AvgIpc) is 3.49. The molecule has 0 unspecified atom stereocenters. The van der Waals surface area contributed by atoms with Crippen molar-refractivity contribution >= 4 is 46.4 Å². The number of Topliss-reactive ketones (excluding diaryl/α,β-unsaturated/α-hetero) is 2. The first kappa shape index (κ1) is 32.3. The number of ketones is 2. The Kier molecular flexibility index (Phi) is 8.90. The summed E-state index contributed by atoms with van der Waals surface area (Å²) in [6.45, 7) is 0. The lowest BCUT2D eigenvalue weighted by Gasteiger charge is -2.11. The molecule has 1 amide bonds. The van der Waals surface area contributed by atoms with Gasteiger partial charge in [0.15, 0.2) is 5.78 Å². The third-order valence-electron chi connectivity index (χ3n) is 6.70. The highest BCUT2D eigenvalue weighted by molar-refractivity contribution is 6.53. The van der Waals surface area contributed by atoms with Crippen LogP contribution in [0.3, 0.4) is 0 Å². The summed E-state index contributed by atoms with van der Waals surface area (Å²) in [4.78, 5) is 37.0. The molecule has 0 aromatic heterocycles. The Morgan fingerprint density at radius 3 is 2.02 bits per heavy atom. The van der Waals surface area contributed by atoms with Gasteiger partial charge in [-0.25, -0.2) is 26.3 Å². The molecule has 1 N–H and O–H groups in total. The van der Waals surface area contributed by atoms with Crippen LogP contribution in [0.5, 0.6) is 0 Å². The molecular formula is C28H16Cl2F9NO3. The zero-order chi connectivity index (χ0) is 32.0. The molecule has 1 aliphatic rings. The molecule has 4 nitrogen and oxygen atoms in total. The van der Waals surface area contributed by atoms with E-state index in [0.717, 1.165) is 24.3 Å². The van der Waals surface area contributed by atoms with Gasteiger partial charge in [0.2, 0.25) is 11.7 Å². The summed E-state index contributed by atoms with van der Waals surface area (Å²) in [6, 6.07) is 5.66. The first-order chi connectivity index (χ1) is 19.9. The maximum atomic E-state index is 14.5. The monoisotopic (exact) mass is 655 g/mol. The predicted octanol–water partition coefficient (Wildman–Crippen LogP) is 7.59. The lowest BCUT2D eigenvalue weighted by molar-refractivity contribution is -0.140. The van der Waals surface area contributed by atoms with Gasteiger partial charge in [-0.15, -0.1) is 23.2 Å². The van der Waals surface area contributed by atoms with Crippen molar-refractivity contribution in [3.63, 3.8) is 0 Å². The van der Waals surface area contributed by atoms with Crippen molar-refractivity contribution < 1.29 is 53.9 Å². The number of carbonyl (C=O) groups is 3. The van der Waals surface area contributed by atoms with Crippen LogP contribution in [-0.4, -0.2) is 28.2 Å². The molecule has 2 atom stereocenters. The smallest absolute Gasteiger partial charge is 0.326 e. The largest absolute Gasteiger partial charge is 0.419 e. The topological polar surface area (TPSA) is 63.2 Å². The summed E-state index contributed by atoms with van der Waals surface area (Å²) in [5.74, 6) is -11.4. The molecule has 43 heavy (non-hydrogen) atoms. The lowest BCUT2D eigenvalue weighted by Crippen LogP contribution is -2.18. The Hall–Kier alpha value is -3.58. The maximum Gasteiger partial charge on any atom is 0.419 e. The summed E-state index contributed by atoms with van der Waals surface area (Å²) >= 11 is 12.3. The van der Waals surface area contributed by atoms with Crippen LogP contribution in [0.15, 0.2) is 48.5 Å². The van der Waals surface area contributed by atoms with Crippen LogP contribution in [0.1, 0.15) is 38.5 Å². The number of anilines is 1. The van der Waals surface area contributed by atoms with Gasteiger partial charge in [0.05, 0.1) is 17.0 Å². The van der Waals surface area contributed by atoms with E-state index in [9.17, 15) is 53.9 Å². The number of nitrogens with one attached hydrogen (secondary N) is 1. The molecule has 0 aliphatic heterocycles. The molecule has 0 spiro atoms. The van der Waals surface area contributed by atoms with E-state index in [1.165, 1.54) is 0 Å². The summed E-state index contributed by atoms with van der Waals surface area (Å²) in [6.07, 6.45) is -10.4. The average molecular weight is 656 g/mol. The van der Waals surface area contributed by atoms with Crippen LogP contribution in [0.25, 0.3) is 0 Å². The van der Waals surface area contributed by atoms with E-state index in [1.54, 1.807) is 0 Å². The fourth-order valence-corrected chi connectivity index (χ4v) is 5.33. The minimum atomic E-state index is -5.03. The van der Waals surface area contributed by atoms with Gasteiger partial charge in [-0.05, 0) is 53.1 Å². The molecule has 4 rings (SSSR count). The van der Waals surface area contributed by atoms with Crippen LogP contribution in [0, 0.1) is 29.2 Å². The molecule has 1 aliphatic carbocycles. The molecule has 3 aromatic carbocycles. The van der Waals surface area contributed by atoms with Gasteiger partial charge in [0, 0.05) is 30.5 Å². The van der Waals surface area contributed by atoms with Gasteiger partial charge in [-0.3, -0.25) is 14.4 Å². The van der Waals surface area contributed by atoms with Gasteiger partial charge in [0.25, 0.3) is 6.43 Å². The molecule has 15 heteroatoms. The Labute approximate surface area is 246 Å². The third-order valence-corrected chi connectivity index (χ3v) is 7.64. The summed E-state index contributed by atoms with van der Waals surface area (Å²) < 4.78 is 119. The van der Waals surface area contributed by atoms with E-state index in [4.69, 9.17) is 23.2 Å². The number of hydrogen-bond donors (Lipinski definition) is 1. The summed E-state index contributed by atoms with van der Waals surface area (Å²) in [5.41, 5.74) is -3.76. The Balaban J connectivity index is 1.53. The van der Waals surface area contributed by atoms with E-state index in [1.807, 2.05) is 0 Å². The van der Waals surface area contributed by atoms with E-state index in [0.29, 0.717) is 24.3 Å². The quantitative estimate of drug-likeness (QED) is 0.147. The Bertz CT molecular complexity index is 1630. The molecule has 1 saturated carbocycles. The molecule has 0 bridgehead atoms. The van der Waals surface area contributed by atoms with Gasteiger partial charge < -0.3 is 5.32 Å². The van der Waals surface area contributed by atoms with Crippen molar-refractivity contribution in [1.29, 1.82) is 0 Å². The van der Waals surface area contributed by atoms with Gasteiger partial charge in [-0.2, -0.15) is 13.2 Å². The Morgan fingerprint density at radius 1 is 0.814 bits per heavy atom. The summed E-state index contributed by atoms with van der Waals surface area (Å²) in [5, 5.41) is 2.31. The fourth-order valence-electron chi connectivity index (χ4n) is 4.51. The van der Waals surface area contributed by atoms with Crippen molar-refractivity contribution in [3.8, 4) is 0 Å². The molecule has 0 radical (unpaired) electrons. The highest BCUT2D eigenvalue weighted by Gasteiger charge is 2.67. The lowest BCUT2D eigenvalue weighted by atomic mass is 9.98. The number of benzene rings is 3. The second-order valence-electron chi connectivity index (χ2n) is 9.63. The second-order valence-corrected chi connectivity index (χ2v) is 11.1. The first-order valence-corrected chi connectivity index (χ1v) is 12.8. The highest BCUT2D eigenvalue weighted by atomic mass is 35.5. The number of carbonyl (C=O) groups excluding carboxylic acids is 3. The second kappa shape index (κ2) is 11.8.